The molecule has 3 aromatic rings. The second kappa shape index (κ2) is 27.4. The van der Waals surface area contributed by atoms with Gasteiger partial charge in [-0.3, -0.25) is 10.6 Å². The van der Waals surface area contributed by atoms with Gasteiger partial charge in [0.15, 0.2) is 11.6 Å². The second-order valence-corrected chi connectivity index (χ2v) is 23.0. The van der Waals surface area contributed by atoms with E-state index in [1.807, 2.05) is 69.3 Å². The van der Waals surface area contributed by atoms with E-state index in [9.17, 15) is 24.3 Å². The number of carbonyl (C=O) groups excluding carboxylic acids is 4. The van der Waals surface area contributed by atoms with Crippen LogP contribution < -0.4 is 24.8 Å². The number of carbonyl (C=O) groups is 4. The van der Waals surface area contributed by atoms with Crippen LogP contribution in [0, 0.1) is 0 Å². The van der Waals surface area contributed by atoms with Crippen LogP contribution in [0.15, 0.2) is 85.0 Å². The summed E-state index contributed by atoms with van der Waals surface area (Å²) in [5, 5.41) is 16.1. The molecule has 19 heteroatoms. The van der Waals surface area contributed by atoms with Crippen molar-refractivity contribution in [3.63, 3.8) is 0 Å². The van der Waals surface area contributed by atoms with E-state index >= 15 is 0 Å². The Bertz CT molecular complexity index is 2790. The zero-order valence-electron chi connectivity index (χ0n) is 49.4. The molecule has 81 heavy (non-hydrogen) atoms. The van der Waals surface area contributed by atoms with Gasteiger partial charge in [0.1, 0.15) is 65.1 Å². The lowest BCUT2D eigenvalue weighted by Gasteiger charge is -2.25. The number of aliphatic hydroxyl groups is 1. The maximum atomic E-state index is 13.6. The summed E-state index contributed by atoms with van der Waals surface area (Å²) in [6.45, 7) is 21.8. The number of cyclic esters (lactones) is 2. The predicted octanol–water partition coefficient (Wildman–Crippen LogP) is 11.9. The standard InChI is InChI=1S/C35H45NO9.C27H37NO8/c1-22-11-9-13-28(41-21-23-15-17-25(39-7)18-16-23)31-29(43-35(5,6)44-31)14-10-12-24-19-26(40-8)20-27(30(24)32(37)42-22)36-33(38)45-34(2,3)4;1-16-10-8-12-20(29)23-21(34-27(5,6)35-23)13-9-11-17-14-18(32-7)15-19(22(17)24(30)33-16)28-25(31)36-26(2,3)4/h9-10,12-13,15-20,22,28-29,31H,11,14,21H2,1-8H3,(H,36,38);8-9,11-12,14-16,20-21,23,29H,10,13H2,1-7H3,(H,28,31)/b12-10+,13-9-;11-9?,12-8-/t22-,28?,29-,31+;16-,20?,21-,23+/m00/s1. The summed E-state index contributed by atoms with van der Waals surface area (Å²) >= 11 is 0. The van der Waals surface area contributed by atoms with Crippen LogP contribution in [0.1, 0.15) is 146 Å². The summed E-state index contributed by atoms with van der Waals surface area (Å²) in [6.07, 6.45) is 10.8. The Labute approximate surface area is 476 Å². The predicted molar refractivity (Wildman–Crippen MR) is 306 cm³/mol. The Morgan fingerprint density at radius 2 is 1.02 bits per heavy atom. The van der Waals surface area contributed by atoms with Crippen LogP contribution in [-0.4, -0.2) is 122 Å². The van der Waals surface area contributed by atoms with E-state index in [2.05, 4.69) is 10.6 Å². The first-order valence-electron chi connectivity index (χ1n) is 27.2. The van der Waals surface area contributed by atoms with Gasteiger partial charge in [0, 0.05) is 25.0 Å². The van der Waals surface area contributed by atoms with Gasteiger partial charge >= 0.3 is 24.1 Å². The molecule has 2 fully saturated rings. The Kier molecular flexibility index (Phi) is 21.4. The van der Waals surface area contributed by atoms with Crippen LogP contribution in [-0.2, 0) is 49.2 Å². The number of ether oxygens (including phenoxy) is 12. The third kappa shape index (κ3) is 18.9. The van der Waals surface area contributed by atoms with Gasteiger partial charge < -0.3 is 61.9 Å². The number of benzene rings is 3. The molecule has 0 aromatic heterocycles. The summed E-state index contributed by atoms with van der Waals surface area (Å²) in [7, 11) is 4.64. The summed E-state index contributed by atoms with van der Waals surface area (Å²) in [4.78, 5) is 52.2. The molecule has 4 aliphatic rings. The molecule has 0 aliphatic carbocycles. The third-order valence-electron chi connectivity index (χ3n) is 12.7. The maximum absolute atomic E-state index is 13.6. The number of esters is 2. The summed E-state index contributed by atoms with van der Waals surface area (Å²) < 4.78 is 69.7. The fraction of sp³-hybridized carbons (Fsp3) is 0.516. The number of hydrogen-bond donors (Lipinski definition) is 3. The highest BCUT2D eigenvalue weighted by Crippen LogP contribution is 2.37. The van der Waals surface area contributed by atoms with Crippen molar-refractivity contribution in [1.82, 2.24) is 0 Å². The topological polar surface area (TPSA) is 223 Å². The van der Waals surface area contributed by atoms with Gasteiger partial charge in [-0.05, 0) is 137 Å². The quantitative estimate of drug-likeness (QED) is 0.108. The zero-order chi connectivity index (χ0) is 59.5. The zero-order valence-corrected chi connectivity index (χ0v) is 49.4. The molecular formula is C62H82N2O17. The lowest BCUT2D eigenvalue weighted by Crippen LogP contribution is -2.36. The molecule has 2 amide bonds. The Morgan fingerprint density at radius 1 is 0.593 bits per heavy atom. The largest absolute Gasteiger partial charge is 0.497 e. The molecule has 8 atom stereocenters. The summed E-state index contributed by atoms with van der Waals surface area (Å²) in [5.74, 6) is -1.22. The van der Waals surface area contributed by atoms with E-state index in [-0.39, 0.29) is 28.6 Å². The molecule has 7 rings (SSSR count). The number of aliphatic hydroxyl groups excluding tert-OH is 1. The van der Waals surface area contributed by atoms with Crippen LogP contribution in [0.4, 0.5) is 21.0 Å². The SMILES string of the molecule is COc1cc2c(c(NC(=O)OC(C)(C)C)c1)C(=O)O[C@@H](C)C/C=C\C(O)[C@H]1OC(C)(C)O[C@H]1CC=C2.COc1ccc(COC2/C=C\C[C@H](C)OC(=O)c3c(cc(OC)cc3NC(=O)OC(C)(C)C)/C=C/C[C@@H]3OC(C)(C)O[C@H]23)cc1. The van der Waals surface area contributed by atoms with Gasteiger partial charge in [-0.15, -0.1) is 0 Å². The summed E-state index contributed by atoms with van der Waals surface area (Å²) in [5.41, 5.74) is 1.31. The first-order valence-corrected chi connectivity index (χ1v) is 27.2. The molecule has 0 spiro atoms. The van der Waals surface area contributed by atoms with Gasteiger partial charge in [0.2, 0.25) is 0 Å². The van der Waals surface area contributed by atoms with Crippen LogP contribution in [0.25, 0.3) is 12.2 Å². The minimum atomic E-state index is -0.881. The fourth-order valence-electron chi connectivity index (χ4n) is 9.25. The Morgan fingerprint density at radius 3 is 1.47 bits per heavy atom. The minimum Gasteiger partial charge on any atom is -0.497 e. The van der Waals surface area contributed by atoms with Crippen molar-refractivity contribution in [3.8, 4) is 17.2 Å². The van der Waals surface area contributed by atoms with Crippen molar-refractivity contribution in [1.29, 1.82) is 0 Å². The van der Waals surface area contributed by atoms with Gasteiger partial charge in [-0.25, -0.2) is 19.2 Å². The molecule has 4 aliphatic heterocycles. The molecule has 4 heterocycles. The smallest absolute Gasteiger partial charge is 0.412 e. The highest BCUT2D eigenvalue weighted by Gasteiger charge is 2.45. The first-order chi connectivity index (χ1) is 38.0. The van der Waals surface area contributed by atoms with E-state index in [0.717, 1.165) is 11.3 Å². The number of rotatable bonds is 8. The van der Waals surface area contributed by atoms with Crippen LogP contribution in [0.2, 0.25) is 0 Å². The molecule has 3 aromatic carbocycles. The van der Waals surface area contributed by atoms with Crippen molar-refractivity contribution in [3.05, 3.63) is 113 Å². The van der Waals surface area contributed by atoms with Crippen LogP contribution in [0.3, 0.4) is 0 Å². The number of hydrogen-bond acceptors (Lipinski definition) is 17. The third-order valence-corrected chi connectivity index (χ3v) is 12.7. The monoisotopic (exact) mass is 1130 g/mol. The number of nitrogens with one attached hydrogen (secondary N) is 2. The average Bonchev–Trinajstić information content (AvgIpc) is 3.89. The molecule has 2 unspecified atom stereocenters. The molecule has 0 radical (unpaired) electrons. The van der Waals surface area contributed by atoms with Gasteiger partial charge in [0.05, 0.1) is 62.6 Å². The minimum absolute atomic E-state index is 0.173. The van der Waals surface area contributed by atoms with Gasteiger partial charge in [-0.1, -0.05) is 60.7 Å². The first kappa shape index (κ1) is 63.4. The molecule has 2 saturated heterocycles. The highest BCUT2D eigenvalue weighted by molar-refractivity contribution is 6.04. The fourth-order valence-corrected chi connectivity index (χ4v) is 9.25. The van der Waals surface area contributed by atoms with E-state index < -0.39 is 89.6 Å². The van der Waals surface area contributed by atoms with Crippen molar-refractivity contribution in [2.75, 3.05) is 32.0 Å². The van der Waals surface area contributed by atoms with Crippen molar-refractivity contribution in [2.24, 2.45) is 0 Å². The van der Waals surface area contributed by atoms with Gasteiger partial charge in [-0.2, -0.15) is 0 Å². The van der Waals surface area contributed by atoms with Crippen molar-refractivity contribution >= 4 is 47.7 Å². The van der Waals surface area contributed by atoms with Crippen LogP contribution >= 0.6 is 0 Å². The second-order valence-electron chi connectivity index (χ2n) is 23.0. The highest BCUT2D eigenvalue weighted by atomic mass is 16.8. The number of anilines is 2. The lowest BCUT2D eigenvalue weighted by atomic mass is 10.00. The van der Waals surface area contributed by atoms with Crippen molar-refractivity contribution < 1.29 is 81.1 Å². The molecule has 442 valence electrons. The van der Waals surface area contributed by atoms with Crippen LogP contribution in [0.5, 0.6) is 17.2 Å². The number of fused-ring (bicyclic) bond motifs is 4. The Balaban J connectivity index is 0.000000268. The molecular weight excluding hydrogens is 1040 g/mol. The number of amides is 2. The molecule has 0 bridgehead atoms. The summed E-state index contributed by atoms with van der Waals surface area (Å²) in [6, 6.07) is 14.2. The Hall–Kier alpha value is -6.74. The molecule has 19 nitrogen and oxygen atoms in total. The van der Waals surface area contributed by atoms with Gasteiger partial charge in [0.25, 0.3) is 0 Å². The van der Waals surface area contributed by atoms with E-state index in [1.165, 1.54) is 14.2 Å². The average molecular weight is 1130 g/mol. The van der Waals surface area contributed by atoms with E-state index in [4.69, 9.17) is 56.8 Å². The maximum Gasteiger partial charge on any atom is 0.412 e. The normalized spacial score (nSPS) is 25.8. The number of methoxy groups -OCH3 is 3. The van der Waals surface area contributed by atoms with Crippen molar-refractivity contribution in [2.45, 2.75) is 187 Å². The van der Waals surface area contributed by atoms with E-state index in [0.29, 0.717) is 54.9 Å². The molecule has 3 N–H and O–H groups in total. The lowest BCUT2D eigenvalue weighted by molar-refractivity contribution is -0.156. The van der Waals surface area contributed by atoms with E-state index in [1.54, 1.807) is 118 Å². The molecule has 0 saturated carbocycles.